The number of hydrogen-bond donors (Lipinski definition) is 1. The Morgan fingerprint density at radius 3 is 2.59 bits per heavy atom. The molecule has 0 aliphatic carbocycles. The number of ether oxygens (including phenoxy) is 1. The first-order chi connectivity index (χ1) is 8.11. The standard InChI is InChI=1S/C13H26N2O2/c1-4-17-11-5-6-12(16)15-9-7-13(2,14-3)8-10-15/h14H,4-11H2,1-3H3. The highest BCUT2D eigenvalue weighted by atomic mass is 16.5. The van der Waals surface area contributed by atoms with E-state index < -0.39 is 0 Å². The van der Waals surface area contributed by atoms with Crippen LogP contribution in [-0.4, -0.2) is 49.7 Å². The third kappa shape index (κ3) is 4.64. The monoisotopic (exact) mass is 242 g/mol. The van der Waals surface area contributed by atoms with Crippen LogP contribution < -0.4 is 5.32 Å². The van der Waals surface area contributed by atoms with Gasteiger partial charge in [-0.1, -0.05) is 0 Å². The van der Waals surface area contributed by atoms with Crippen molar-refractivity contribution in [2.75, 3.05) is 33.4 Å². The van der Waals surface area contributed by atoms with Crippen molar-refractivity contribution in [2.45, 2.75) is 45.1 Å². The molecule has 0 unspecified atom stereocenters. The summed E-state index contributed by atoms with van der Waals surface area (Å²) in [5.74, 6) is 0.280. The normalized spacial score (nSPS) is 19.4. The Kier molecular flexibility index (Phi) is 5.92. The van der Waals surface area contributed by atoms with Crippen molar-refractivity contribution in [3.63, 3.8) is 0 Å². The van der Waals surface area contributed by atoms with E-state index in [4.69, 9.17) is 4.74 Å². The van der Waals surface area contributed by atoms with Gasteiger partial charge in [0.15, 0.2) is 0 Å². The summed E-state index contributed by atoms with van der Waals surface area (Å²) in [7, 11) is 2.00. The summed E-state index contributed by atoms with van der Waals surface area (Å²) in [6.45, 7) is 7.40. The Morgan fingerprint density at radius 2 is 2.06 bits per heavy atom. The van der Waals surface area contributed by atoms with Crippen LogP contribution in [0.25, 0.3) is 0 Å². The van der Waals surface area contributed by atoms with Gasteiger partial charge in [-0.05, 0) is 40.2 Å². The Labute approximate surface area is 105 Å². The summed E-state index contributed by atoms with van der Waals surface area (Å²) in [4.78, 5) is 13.9. The van der Waals surface area contributed by atoms with Crippen LogP contribution in [0.3, 0.4) is 0 Å². The molecule has 4 heteroatoms. The first kappa shape index (κ1) is 14.5. The molecule has 0 aromatic heterocycles. The largest absolute Gasteiger partial charge is 0.382 e. The Balaban J connectivity index is 2.22. The smallest absolute Gasteiger partial charge is 0.222 e. The maximum Gasteiger partial charge on any atom is 0.222 e. The molecule has 1 aliphatic rings. The van der Waals surface area contributed by atoms with Crippen molar-refractivity contribution in [3.8, 4) is 0 Å². The van der Waals surface area contributed by atoms with E-state index in [1.807, 2.05) is 18.9 Å². The quantitative estimate of drug-likeness (QED) is 0.716. The van der Waals surface area contributed by atoms with Crippen LogP contribution >= 0.6 is 0 Å². The number of amides is 1. The SMILES string of the molecule is CCOCCCC(=O)N1CCC(C)(NC)CC1. The van der Waals surface area contributed by atoms with Crippen molar-refractivity contribution in [1.29, 1.82) is 0 Å². The zero-order valence-corrected chi connectivity index (χ0v) is 11.4. The molecule has 17 heavy (non-hydrogen) atoms. The van der Waals surface area contributed by atoms with Crippen LogP contribution in [0.4, 0.5) is 0 Å². The van der Waals surface area contributed by atoms with Crippen molar-refractivity contribution >= 4 is 5.91 Å². The van der Waals surface area contributed by atoms with E-state index in [0.29, 0.717) is 13.0 Å². The van der Waals surface area contributed by atoms with Gasteiger partial charge in [-0.25, -0.2) is 0 Å². The van der Waals surface area contributed by atoms with Crippen molar-refractivity contribution in [3.05, 3.63) is 0 Å². The van der Waals surface area contributed by atoms with Gasteiger partial charge in [-0.2, -0.15) is 0 Å². The fourth-order valence-electron chi connectivity index (χ4n) is 2.13. The highest BCUT2D eigenvalue weighted by Gasteiger charge is 2.29. The van der Waals surface area contributed by atoms with Crippen LogP contribution in [0.5, 0.6) is 0 Å². The first-order valence-electron chi connectivity index (χ1n) is 6.66. The second-order valence-electron chi connectivity index (χ2n) is 4.99. The molecule has 0 bridgehead atoms. The molecule has 0 atom stereocenters. The van der Waals surface area contributed by atoms with Gasteiger partial charge in [0.1, 0.15) is 0 Å². The number of carbonyl (C=O) groups excluding carboxylic acids is 1. The van der Waals surface area contributed by atoms with Crippen LogP contribution in [-0.2, 0) is 9.53 Å². The maximum atomic E-state index is 11.9. The molecule has 100 valence electrons. The summed E-state index contributed by atoms with van der Waals surface area (Å²) >= 11 is 0. The van der Waals surface area contributed by atoms with Crippen molar-refractivity contribution in [2.24, 2.45) is 0 Å². The molecule has 1 saturated heterocycles. The van der Waals surface area contributed by atoms with Crippen LogP contribution in [0.2, 0.25) is 0 Å². The van der Waals surface area contributed by atoms with E-state index in [-0.39, 0.29) is 11.4 Å². The summed E-state index contributed by atoms with van der Waals surface area (Å²) in [6.07, 6.45) is 3.55. The number of hydrogen-bond acceptors (Lipinski definition) is 3. The maximum absolute atomic E-state index is 11.9. The molecule has 1 aliphatic heterocycles. The summed E-state index contributed by atoms with van der Waals surface area (Å²) in [5, 5.41) is 3.34. The minimum Gasteiger partial charge on any atom is -0.382 e. The molecule has 1 N–H and O–H groups in total. The summed E-state index contributed by atoms with van der Waals surface area (Å²) in [6, 6.07) is 0. The number of carbonyl (C=O) groups is 1. The average Bonchev–Trinajstić information content (AvgIpc) is 2.35. The van der Waals surface area contributed by atoms with Crippen LogP contribution in [0.1, 0.15) is 39.5 Å². The number of nitrogens with zero attached hydrogens (tertiary/aromatic N) is 1. The molecule has 0 saturated carbocycles. The minimum absolute atomic E-state index is 0.210. The molecule has 1 amide bonds. The Bertz CT molecular complexity index is 236. The van der Waals surface area contributed by atoms with Crippen LogP contribution in [0.15, 0.2) is 0 Å². The fraction of sp³-hybridized carbons (Fsp3) is 0.923. The second kappa shape index (κ2) is 6.97. The predicted octanol–water partition coefficient (Wildman–Crippen LogP) is 1.40. The van der Waals surface area contributed by atoms with Gasteiger partial charge in [0.05, 0.1) is 0 Å². The molecule has 1 fully saturated rings. The first-order valence-corrected chi connectivity index (χ1v) is 6.66. The lowest BCUT2D eigenvalue weighted by molar-refractivity contribution is -0.133. The van der Waals surface area contributed by atoms with Gasteiger partial charge >= 0.3 is 0 Å². The molecule has 1 rings (SSSR count). The molecule has 0 radical (unpaired) electrons. The van der Waals surface area contributed by atoms with Crippen molar-refractivity contribution < 1.29 is 9.53 Å². The van der Waals surface area contributed by atoms with Gasteiger partial charge in [0.2, 0.25) is 5.91 Å². The highest BCUT2D eigenvalue weighted by molar-refractivity contribution is 5.76. The predicted molar refractivity (Wildman–Crippen MR) is 69.0 cm³/mol. The third-order valence-corrected chi connectivity index (χ3v) is 3.71. The Morgan fingerprint density at radius 1 is 1.41 bits per heavy atom. The second-order valence-corrected chi connectivity index (χ2v) is 4.99. The molecule has 1 heterocycles. The van der Waals surface area contributed by atoms with Crippen molar-refractivity contribution in [1.82, 2.24) is 10.2 Å². The summed E-state index contributed by atoms with van der Waals surface area (Å²) < 4.78 is 5.24. The molecule has 0 spiro atoms. The molecular weight excluding hydrogens is 216 g/mol. The highest BCUT2D eigenvalue weighted by Crippen LogP contribution is 2.21. The number of rotatable bonds is 6. The van der Waals surface area contributed by atoms with Gasteiger partial charge < -0.3 is 15.0 Å². The molecule has 4 nitrogen and oxygen atoms in total. The van der Waals surface area contributed by atoms with E-state index in [2.05, 4.69) is 12.2 Å². The van der Waals surface area contributed by atoms with E-state index in [1.54, 1.807) is 0 Å². The van der Waals surface area contributed by atoms with E-state index in [1.165, 1.54) is 0 Å². The third-order valence-electron chi connectivity index (χ3n) is 3.71. The van der Waals surface area contributed by atoms with E-state index in [9.17, 15) is 4.79 Å². The van der Waals surface area contributed by atoms with Crippen LogP contribution in [0, 0.1) is 0 Å². The van der Waals surface area contributed by atoms with Gasteiger partial charge in [-0.3, -0.25) is 4.79 Å². The zero-order chi connectivity index (χ0) is 12.7. The lowest BCUT2D eigenvalue weighted by Crippen LogP contribution is -2.51. The number of likely N-dealkylation sites (tertiary alicyclic amines) is 1. The molecular formula is C13H26N2O2. The minimum atomic E-state index is 0.210. The van der Waals surface area contributed by atoms with E-state index in [0.717, 1.165) is 39.0 Å². The van der Waals surface area contributed by atoms with Gasteiger partial charge in [0, 0.05) is 38.3 Å². The zero-order valence-electron chi connectivity index (χ0n) is 11.4. The molecule has 0 aromatic rings. The lowest BCUT2D eigenvalue weighted by Gasteiger charge is -2.39. The topological polar surface area (TPSA) is 41.6 Å². The average molecular weight is 242 g/mol. The molecule has 0 aromatic carbocycles. The van der Waals surface area contributed by atoms with Gasteiger partial charge in [0.25, 0.3) is 0 Å². The number of piperidine rings is 1. The van der Waals surface area contributed by atoms with E-state index >= 15 is 0 Å². The number of nitrogens with one attached hydrogen (secondary N) is 1. The summed E-state index contributed by atoms with van der Waals surface area (Å²) in [5.41, 5.74) is 0.210. The lowest BCUT2D eigenvalue weighted by atomic mass is 9.90. The Hall–Kier alpha value is -0.610. The van der Waals surface area contributed by atoms with Gasteiger partial charge in [-0.15, -0.1) is 0 Å². The fourth-order valence-corrected chi connectivity index (χ4v) is 2.13.